The monoisotopic (exact) mass is 327 g/mol. The van der Waals surface area contributed by atoms with Gasteiger partial charge in [0.05, 0.1) is 5.92 Å². The topological polar surface area (TPSA) is 75.4 Å². The lowest BCUT2D eigenvalue weighted by Crippen LogP contribution is -2.54. The van der Waals surface area contributed by atoms with Crippen molar-refractivity contribution in [3.63, 3.8) is 0 Å². The predicted octanol–water partition coefficient (Wildman–Crippen LogP) is 2.62. The van der Waals surface area contributed by atoms with Crippen LogP contribution in [-0.4, -0.2) is 35.0 Å². The highest BCUT2D eigenvalue weighted by atomic mass is 16.5. The average molecular weight is 327 g/mol. The van der Waals surface area contributed by atoms with Crippen LogP contribution in [-0.2, 0) is 4.79 Å². The first-order valence-corrected chi connectivity index (χ1v) is 7.96. The summed E-state index contributed by atoms with van der Waals surface area (Å²) in [7, 11) is 0. The summed E-state index contributed by atoms with van der Waals surface area (Å²) in [5, 5.41) is 6.72. The highest BCUT2D eigenvalue weighted by Gasteiger charge is 2.37. The number of carbonyl (C=O) groups excluding carboxylic acids is 2. The molecule has 2 heterocycles. The van der Waals surface area contributed by atoms with Gasteiger partial charge in [-0.3, -0.25) is 9.59 Å². The molecule has 3 rings (SSSR count). The smallest absolute Gasteiger partial charge is 0.276 e. The lowest BCUT2D eigenvalue weighted by atomic mass is 9.97. The molecule has 0 radical (unpaired) electrons. The van der Waals surface area contributed by atoms with Crippen molar-refractivity contribution >= 4 is 17.5 Å². The molecular formula is C18H21N3O3. The molecule has 1 fully saturated rings. The van der Waals surface area contributed by atoms with Crippen molar-refractivity contribution in [2.45, 2.75) is 27.7 Å². The van der Waals surface area contributed by atoms with Gasteiger partial charge in [0.25, 0.3) is 5.91 Å². The number of hydrogen-bond acceptors (Lipinski definition) is 4. The Bertz CT molecular complexity index is 781. The predicted molar refractivity (Wildman–Crippen MR) is 89.9 cm³/mol. The minimum Gasteiger partial charge on any atom is -0.361 e. The Kier molecular flexibility index (Phi) is 4.13. The molecule has 0 saturated carbocycles. The number of nitrogens with zero attached hydrogens (tertiary/aromatic N) is 2. The summed E-state index contributed by atoms with van der Waals surface area (Å²) in [5.74, 6) is 0.157. The third-order valence-corrected chi connectivity index (χ3v) is 4.31. The Labute approximate surface area is 140 Å². The first-order valence-electron chi connectivity index (χ1n) is 7.96. The maximum Gasteiger partial charge on any atom is 0.276 e. The van der Waals surface area contributed by atoms with Crippen molar-refractivity contribution in [3.05, 3.63) is 46.3 Å². The molecule has 1 saturated heterocycles. The van der Waals surface area contributed by atoms with E-state index in [0.717, 1.165) is 16.8 Å². The summed E-state index contributed by atoms with van der Waals surface area (Å²) in [6.45, 7) is 8.55. The van der Waals surface area contributed by atoms with Gasteiger partial charge in [0, 0.05) is 24.8 Å². The summed E-state index contributed by atoms with van der Waals surface area (Å²) in [6, 6.07) is 5.70. The highest BCUT2D eigenvalue weighted by Crippen LogP contribution is 2.25. The molecule has 0 spiro atoms. The summed E-state index contributed by atoms with van der Waals surface area (Å²) >= 11 is 0. The van der Waals surface area contributed by atoms with Gasteiger partial charge in [0.1, 0.15) is 5.76 Å². The molecule has 1 aliphatic rings. The van der Waals surface area contributed by atoms with Crippen molar-refractivity contribution in [1.29, 1.82) is 0 Å². The van der Waals surface area contributed by atoms with E-state index in [0.29, 0.717) is 18.8 Å². The summed E-state index contributed by atoms with van der Waals surface area (Å²) in [6.07, 6.45) is 0. The van der Waals surface area contributed by atoms with Gasteiger partial charge in [-0.25, -0.2) is 0 Å². The molecule has 0 aliphatic carbocycles. The van der Waals surface area contributed by atoms with Crippen LogP contribution in [0.1, 0.15) is 32.9 Å². The zero-order valence-electron chi connectivity index (χ0n) is 14.3. The number of likely N-dealkylation sites (tertiary alicyclic amines) is 1. The van der Waals surface area contributed by atoms with E-state index in [9.17, 15) is 9.59 Å². The molecule has 2 amide bonds. The van der Waals surface area contributed by atoms with Crippen molar-refractivity contribution < 1.29 is 14.1 Å². The Morgan fingerprint density at radius 3 is 2.29 bits per heavy atom. The van der Waals surface area contributed by atoms with E-state index in [1.165, 1.54) is 5.56 Å². The van der Waals surface area contributed by atoms with E-state index < -0.39 is 0 Å². The summed E-state index contributed by atoms with van der Waals surface area (Å²) in [4.78, 5) is 26.2. The maximum absolute atomic E-state index is 12.4. The highest BCUT2D eigenvalue weighted by molar-refractivity contribution is 5.98. The van der Waals surface area contributed by atoms with Crippen LogP contribution in [0.4, 0.5) is 5.69 Å². The molecule has 0 atom stereocenters. The molecule has 24 heavy (non-hydrogen) atoms. The number of anilines is 1. The fraction of sp³-hybridized carbons (Fsp3) is 0.389. The van der Waals surface area contributed by atoms with Crippen LogP contribution < -0.4 is 5.32 Å². The molecule has 1 N–H and O–H groups in total. The standard InChI is InChI=1S/C18H21N3O3/c1-10-5-11(2)16(12(3)6-10)19-17(22)14-8-21(9-14)18(23)15-7-13(4)24-20-15/h5-7,14H,8-9H2,1-4H3,(H,19,22). The van der Waals surface area contributed by atoms with Gasteiger partial charge in [0.15, 0.2) is 5.69 Å². The normalized spacial score (nSPS) is 14.4. The lowest BCUT2D eigenvalue weighted by molar-refractivity contribution is -0.123. The van der Waals surface area contributed by atoms with Crippen LogP contribution in [0.15, 0.2) is 22.7 Å². The van der Waals surface area contributed by atoms with E-state index in [1.54, 1.807) is 17.9 Å². The van der Waals surface area contributed by atoms with Gasteiger partial charge < -0.3 is 14.7 Å². The largest absolute Gasteiger partial charge is 0.361 e. The number of nitrogens with one attached hydrogen (secondary N) is 1. The maximum atomic E-state index is 12.4. The van der Waals surface area contributed by atoms with Gasteiger partial charge in [-0.2, -0.15) is 0 Å². The Morgan fingerprint density at radius 2 is 1.75 bits per heavy atom. The van der Waals surface area contributed by atoms with E-state index in [4.69, 9.17) is 4.52 Å². The van der Waals surface area contributed by atoms with E-state index in [1.807, 2.05) is 32.9 Å². The molecule has 1 aromatic heterocycles. The number of carbonyl (C=O) groups is 2. The molecule has 126 valence electrons. The minimum atomic E-state index is -0.196. The molecule has 0 bridgehead atoms. The molecule has 6 nitrogen and oxygen atoms in total. The van der Waals surface area contributed by atoms with E-state index in [2.05, 4.69) is 10.5 Å². The molecule has 6 heteroatoms. The second-order valence-corrected chi connectivity index (χ2v) is 6.49. The van der Waals surface area contributed by atoms with Gasteiger partial charge in [-0.1, -0.05) is 22.9 Å². The van der Waals surface area contributed by atoms with Crippen molar-refractivity contribution in [2.75, 3.05) is 18.4 Å². The van der Waals surface area contributed by atoms with Gasteiger partial charge in [-0.15, -0.1) is 0 Å². The molecule has 2 aromatic rings. The van der Waals surface area contributed by atoms with E-state index >= 15 is 0 Å². The van der Waals surface area contributed by atoms with Gasteiger partial charge >= 0.3 is 0 Å². The average Bonchev–Trinajstić information content (AvgIpc) is 2.87. The molecule has 1 aliphatic heterocycles. The Morgan fingerprint density at radius 1 is 1.12 bits per heavy atom. The number of benzene rings is 1. The number of aromatic nitrogens is 1. The van der Waals surface area contributed by atoms with Crippen LogP contribution in [0.2, 0.25) is 0 Å². The number of hydrogen-bond donors (Lipinski definition) is 1. The first-order chi connectivity index (χ1) is 11.3. The fourth-order valence-corrected chi connectivity index (χ4v) is 3.04. The van der Waals surface area contributed by atoms with Crippen LogP contribution in [0, 0.1) is 33.6 Å². The lowest BCUT2D eigenvalue weighted by Gasteiger charge is -2.37. The first kappa shape index (κ1) is 16.2. The summed E-state index contributed by atoms with van der Waals surface area (Å²) < 4.78 is 4.92. The van der Waals surface area contributed by atoms with Gasteiger partial charge in [0.2, 0.25) is 5.91 Å². The van der Waals surface area contributed by atoms with Crippen molar-refractivity contribution in [1.82, 2.24) is 10.1 Å². The zero-order valence-corrected chi connectivity index (χ0v) is 14.3. The number of amides is 2. The van der Waals surface area contributed by atoms with Crippen LogP contribution in [0.3, 0.4) is 0 Å². The number of aryl methyl sites for hydroxylation is 4. The zero-order chi connectivity index (χ0) is 17.4. The number of rotatable bonds is 3. The Balaban J connectivity index is 1.60. The van der Waals surface area contributed by atoms with Crippen LogP contribution in [0.25, 0.3) is 0 Å². The fourth-order valence-electron chi connectivity index (χ4n) is 3.04. The second kappa shape index (κ2) is 6.11. The minimum absolute atomic E-state index is 0.0505. The van der Waals surface area contributed by atoms with Gasteiger partial charge in [-0.05, 0) is 38.8 Å². The van der Waals surface area contributed by atoms with Crippen molar-refractivity contribution in [2.24, 2.45) is 5.92 Å². The summed E-state index contributed by atoms with van der Waals surface area (Å²) in [5.41, 5.74) is 4.42. The van der Waals surface area contributed by atoms with Crippen molar-refractivity contribution in [3.8, 4) is 0 Å². The molecular weight excluding hydrogens is 306 g/mol. The molecule has 1 aromatic carbocycles. The van der Waals surface area contributed by atoms with Crippen LogP contribution in [0.5, 0.6) is 0 Å². The van der Waals surface area contributed by atoms with Crippen LogP contribution >= 0.6 is 0 Å². The SMILES string of the molecule is Cc1cc(C)c(NC(=O)C2CN(C(=O)c3cc(C)on3)C2)c(C)c1. The Hall–Kier alpha value is -2.63. The quantitative estimate of drug-likeness (QED) is 0.940. The third-order valence-electron chi connectivity index (χ3n) is 4.31. The van der Waals surface area contributed by atoms with E-state index in [-0.39, 0.29) is 23.4 Å². The molecule has 0 unspecified atom stereocenters. The third kappa shape index (κ3) is 3.04. The second-order valence-electron chi connectivity index (χ2n) is 6.49.